The van der Waals surface area contributed by atoms with Crippen LogP contribution in [-0.4, -0.2) is 17.0 Å². The number of nitriles is 1. The van der Waals surface area contributed by atoms with Crippen LogP contribution in [0.2, 0.25) is 0 Å². The summed E-state index contributed by atoms with van der Waals surface area (Å²) in [5.74, 6) is -1.32. The lowest BCUT2D eigenvalue weighted by atomic mass is 10.1. The van der Waals surface area contributed by atoms with E-state index in [1.807, 2.05) is 22.6 Å². The van der Waals surface area contributed by atoms with Crippen molar-refractivity contribution in [3.8, 4) is 11.8 Å². The van der Waals surface area contributed by atoms with E-state index < -0.39 is 23.6 Å². The molecule has 0 aliphatic heterocycles. The second kappa shape index (κ2) is 11.1. The highest BCUT2D eigenvalue weighted by Gasteiger charge is 2.30. The smallest absolute Gasteiger partial charge is 0.416 e. The van der Waals surface area contributed by atoms with Crippen molar-refractivity contribution in [2.24, 2.45) is 0 Å². The minimum atomic E-state index is -4.56. The van der Waals surface area contributed by atoms with Gasteiger partial charge in [0.2, 0.25) is 0 Å². The van der Waals surface area contributed by atoms with Crippen LogP contribution in [0.3, 0.4) is 0 Å². The maximum Gasteiger partial charge on any atom is 0.416 e. The zero-order chi connectivity index (χ0) is 25.6. The maximum atomic E-state index is 12.9. The molecule has 0 saturated heterocycles. The van der Waals surface area contributed by atoms with Crippen molar-refractivity contribution in [3.05, 3.63) is 98.1 Å². The van der Waals surface area contributed by atoms with Gasteiger partial charge in [-0.1, -0.05) is 24.3 Å². The molecule has 0 aliphatic carbocycles. The highest BCUT2D eigenvalue weighted by atomic mass is 127. The first-order valence-electron chi connectivity index (χ1n) is 9.92. The number of alkyl halides is 3. The van der Waals surface area contributed by atoms with Crippen LogP contribution < -0.4 is 10.1 Å². The van der Waals surface area contributed by atoms with Crippen molar-refractivity contribution < 1.29 is 32.6 Å². The van der Waals surface area contributed by atoms with Crippen molar-refractivity contribution in [3.63, 3.8) is 0 Å². The number of nitrogens with one attached hydrogen (secondary N) is 1. The van der Waals surface area contributed by atoms with Gasteiger partial charge in [-0.3, -0.25) is 4.79 Å². The normalized spacial score (nSPS) is 11.5. The van der Waals surface area contributed by atoms with E-state index in [1.165, 1.54) is 24.3 Å². The minimum Gasteiger partial charge on any atom is -0.488 e. The van der Waals surface area contributed by atoms with Crippen LogP contribution in [0, 0.1) is 14.9 Å². The zero-order valence-electron chi connectivity index (χ0n) is 17.8. The Balaban J connectivity index is 1.69. The third kappa shape index (κ3) is 7.07. The van der Waals surface area contributed by atoms with Crippen molar-refractivity contribution in [2.45, 2.75) is 12.8 Å². The molecule has 0 spiro atoms. The predicted molar refractivity (Wildman–Crippen MR) is 131 cm³/mol. The average molecular weight is 592 g/mol. The van der Waals surface area contributed by atoms with Crippen LogP contribution >= 0.6 is 22.6 Å². The molecule has 0 saturated carbocycles. The molecule has 0 heterocycles. The minimum absolute atomic E-state index is 0.0827. The number of benzene rings is 3. The number of carbonyl (C=O) groups is 2. The van der Waals surface area contributed by atoms with Gasteiger partial charge in [-0.05, 0) is 82.3 Å². The molecule has 1 amide bonds. The SMILES string of the molecule is N#C/C(=C/c1ccc(OCc2ccc(C(=O)O)cc2)c(I)c1)C(=O)Nc1cccc(C(F)(F)F)c1. The number of rotatable bonds is 7. The fraction of sp³-hybridized carbons (Fsp3) is 0.0800. The van der Waals surface area contributed by atoms with E-state index in [4.69, 9.17) is 9.84 Å². The molecule has 0 fully saturated rings. The van der Waals surface area contributed by atoms with Crippen molar-refractivity contribution >= 4 is 46.2 Å². The van der Waals surface area contributed by atoms with Gasteiger partial charge in [-0.15, -0.1) is 0 Å². The summed E-state index contributed by atoms with van der Waals surface area (Å²) in [5, 5.41) is 20.6. The van der Waals surface area contributed by atoms with E-state index in [0.717, 1.165) is 23.8 Å². The molecule has 0 aromatic heterocycles. The Bertz CT molecular complexity index is 1330. The molecular weight excluding hydrogens is 576 g/mol. The van der Waals surface area contributed by atoms with Gasteiger partial charge in [0, 0.05) is 5.69 Å². The highest BCUT2D eigenvalue weighted by molar-refractivity contribution is 14.1. The number of carboxylic acids is 1. The fourth-order valence-corrected chi connectivity index (χ4v) is 3.61. The first kappa shape index (κ1) is 25.8. The number of nitrogens with zero attached hydrogens (tertiary/aromatic N) is 1. The predicted octanol–water partition coefficient (Wildman–Crippen LogP) is 6.13. The number of amides is 1. The molecule has 0 atom stereocenters. The molecule has 3 rings (SSSR count). The molecule has 2 N–H and O–H groups in total. The second-order valence-electron chi connectivity index (χ2n) is 7.18. The Morgan fingerprint density at radius 2 is 1.80 bits per heavy atom. The lowest BCUT2D eigenvalue weighted by molar-refractivity contribution is -0.137. The molecule has 0 radical (unpaired) electrons. The monoisotopic (exact) mass is 592 g/mol. The molecular formula is C25H16F3IN2O4. The van der Waals surface area contributed by atoms with Gasteiger partial charge in [-0.25, -0.2) is 4.79 Å². The Kier molecular flexibility index (Phi) is 8.14. The second-order valence-corrected chi connectivity index (χ2v) is 8.35. The van der Waals surface area contributed by atoms with E-state index in [9.17, 15) is 28.0 Å². The summed E-state index contributed by atoms with van der Waals surface area (Å²) >= 11 is 2.03. The van der Waals surface area contributed by atoms with Gasteiger partial charge in [0.15, 0.2) is 0 Å². The summed E-state index contributed by atoms with van der Waals surface area (Å²) in [6, 6.07) is 17.1. The number of halogens is 4. The van der Waals surface area contributed by atoms with E-state index in [-0.39, 0.29) is 23.4 Å². The Morgan fingerprint density at radius 1 is 1.09 bits per heavy atom. The van der Waals surface area contributed by atoms with Gasteiger partial charge in [0.05, 0.1) is 14.7 Å². The summed E-state index contributed by atoms with van der Waals surface area (Å²) in [5.41, 5.74) is 0.174. The van der Waals surface area contributed by atoms with Crippen molar-refractivity contribution in [1.82, 2.24) is 0 Å². The maximum absolute atomic E-state index is 12.9. The third-order valence-corrected chi connectivity index (χ3v) is 5.52. The molecule has 0 unspecified atom stereocenters. The number of anilines is 1. The molecule has 35 heavy (non-hydrogen) atoms. The van der Waals surface area contributed by atoms with E-state index in [0.29, 0.717) is 14.9 Å². The van der Waals surface area contributed by atoms with Crippen molar-refractivity contribution in [1.29, 1.82) is 5.26 Å². The molecule has 6 nitrogen and oxygen atoms in total. The zero-order valence-corrected chi connectivity index (χ0v) is 19.9. The molecule has 0 aliphatic rings. The summed E-state index contributed by atoms with van der Waals surface area (Å²) in [4.78, 5) is 23.4. The van der Waals surface area contributed by atoms with E-state index in [1.54, 1.807) is 36.4 Å². The molecule has 10 heteroatoms. The van der Waals surface area contributed by atoms with Gasteiger partial charge >= 0.3 is 12.1 Å². The average Bonchev–Trinajstić information content (AvgIpc) is 2.81. The highest BCUT2D eigenvalue weighted by Crippen LogP contribution is 2.31. The summed E-state index contributed by atoms with van der Waals surface area (Å²) in [6.07, 6.45) is -3.24. The topological polar surface area (TPSA) is 99.4 Å². The summed E-state index contributed by atoms with van der Waals surface area (Å²) in [7, 11) is 0. The van der Waals surface area contributed by atoms with Crippen LogP contribution in [0.5, 0.6) is 5.75 Å². The molecule has 178 valence electrons. The largest absolute Gasteiger partial charge is 0.488 e. The number of ether oxygens (including phenoxy) is 1. The van der Waals surface area contributed by atoms with E-state index in [2.05, 4.69) is 5.32 Å². The van der Waals surface area contributed by atoms with Crippen molar-refractivity contribution in [2.75, 3.05) is 5.32 Å². The van der Waals surface area contributed by atoms with E-state index >= 15 is 0 Å². The Morgan fingerprint density at radius 3 is 2.40 bits per heavy atom. The lowest BCUT2D eigenvalue weighted by Crippen LogP contribution is -2.14. The first-order chi connectivity index (χ1) is 16.6. The first-order valence-corrected chi connectivity index (χ1v) is 11.0. The summed E-state index contributed by atoms with van der Waals surface area (Å²) < 4.78 is 45.1. The summed E-state index contributed by atoms with van der Waals surface area (Å²) in [6.45, 7) is 0.202. The van der Waals surface area contributed by atoms with Crippen LogP contribution in [0.15, 0.2) is 72.3 Å². The standard InChI is InChI=1S/C25H16F3IN2O4/c26-25(27,28)19-2-1-3-20(12-19)31-23(32)18(13-30)10-16-6-9-22(21(29)11-16)35-14-15-4-7-17(8-5-15)24(33)34/h1-12H,14H2,(H,31,32)(H,33,34)/b18-10-. The van der Waals surface area contributed by atoms with Gasteiger partial charge < -0.3 is 15.2 Å². The number of aromatic carboxylic acids is 1. The number of hydrogen-bond donors (Lipinski definition) is 2. The molecule has 3 aromatic carbocycles. The third-order valence-electron chi connectivity index (χ3n) is 4.68. The number of carbonyl (C=O) groups excluding carboxylic acids is 1. The van der Waals surface area contributed by atoms with Gasteiger partial charge in [0.25, 0.3) is 5.91 Å². The fourth-order valence-electron chi connectivity index (χ4n) is 2.92. The van der Waals surface area contributed by atoms with Crippen LogP contribution in [0.25, 0.3) is 6.08 Å². The number of hydrogen-bond acceptors (Lipinski definition) is 4. The van der Waals surface area contributed by atoms with Crippen LogP contribution in [0.4, 0.5) is 18.9 Å². The van der Waals surface area contributed by atoms with Crippen LogP contribution in [0.1, 0.15) is 27.0 Å². The molecule has 0 bridgehead atoms. The quantitative estimate of drug-likeness (QED) is 0.195. The van der Waals surface area contributed by atoms with Gasteiger partial charge in [0.1, 0.15) is 24.0 Å². The Labute approximate surface area is 211 Å². The lowest BCUT2D eigenvalue weighted by Gasteiger charge is -2.10. The number of carboxylic acid groups (broad SMARTS) is 1. The Hall–Kier alpha value is -3.85. The molecule has 3 aromatic rings. The van der Waals surface area contributed by atoms with Crippen LogP contribution in [-0.2, 0) is 17.6 Å². The van der Waals surface area contributed by atoms with Gasteiger partial charge in [-0.2, -0.15) is 18.4 Å².